The topological polar surface area (TPSA) is 52.7 Å². The molecule has 2 aromatic rings. The zero-order chi connectivity index (χ0) is 18.7. The Kier molecular flexibility index (Phi) is 5.64. The molecular weight excluding hydrogens is 347 g/mol. The number of hydrogen-bond acceptors (Lipinski definition) is 5. The Morgan fingerprint density at radius 1 is 1.15 bits per heavy atom. The second-order valence-electron chi connectivity index (χ2n) is 6.65. The number of alkyl halides is 3. The molecule has 142 valence electrons. The third kappa shape index (κ3) is 4.63. The summed E-state index contributed by atoms with van der Waals surface area (Å²) in [5, 5.41) is 13.4. The van der Waals surface area contributed by atoms with Crippen LogP contribution in [0, 0.1) is 0 Å². The Hall–Kier alpha value is -1.90. The summed E-state index contributed by atoms with van der Waals surface area (Å²) in [6.45, 7) is 6.25. The molecule has 1 unspecified atom stereocenters. The third-order valence-corrected chi connectivity index (χ3v) is 4.43. The van der Waals surface area contributed by atoms with Gasteiger partial charge in [-0.1, -0.05) is 23.4 Å². The molecule has 8 heteroatoms. The Morgan fingerprint density at radius 2 is 1.81 bits per heavy atom. The minimum atomic E-state index is -4.44. The maximum atomic E-state index is 13.1. The smallest absolute Gasteiger partial charge is 0.392 e. The summed E-state index contributed by atoms with van der Waals surface area (Å²) in [6, 6.07) is 6.91. The first-order chi connectivity index (χ1) is 12.3. The van der Waals surface area contributed by atoms with Crippen molar-refractivity contribution in [1.29, 1.82) is 0 Å². The highest BCUT2D eigenvalue weighted by atomic mass is 19.4. The lowest BCUT2D eigenvalue weighted by Gasteiger charge is -2.34. The number of aliphatic hydroxyl groups is 1. The van der Waals surface area contributed by atoms with Crippen LogP contribution in [0.2, 0.25) is 0 Å². The number of rotatable bonds is 5. The maximum absolute atomic E-state index is 13.1. The minimum absolute atomic E-state index is 0.000465. The summed E-state index contributed by atoms with van der Waals surface area (Å²) in [5.74, 6) is 0.126. The second kappa shape index (κ2) is 7.77. The predicted octanol–water partition coefficient (Wildman–Crippen LogP) is 2.86. The number of aliphatic hydroxyl groups excluding tert-OH is 1. The van der Waals surface area contributed by atoms with E-state index in [1.807, 2.05) is 0 Å². The largest absolute Gasteiger partial charge is 0.417 e. The molecule has 1 aromatic heterocycles. The highest BCUT2D eigenvalue weighted by Gasteiger charge is 2.34. The maximum Gasteiger partial charge on any atom is 0.417 e. The number of β-amino-alcohol motifs (C(OH)–C–C–N with tert-alkyl or cyclic N) is 1. The number of aromatic nitrogens is 1. The Morgan fingerprint density at radius 3 is 2.46 bits per heavy atom. The first kappa shape index (κ1) is 18.9. The van der Waals surface area contributed by atoms with Crippen LogP contribution in [0.1, 0.15) is 18.2 Å². The van der Waals surface area contributed by atoms with Crippen LogP contribution in [0.15, 0.2) is 34.9 Å². The van der Waals surface area contributed by atoms with Crippen LogP contribution in [-0.4, -0.2) is 58.9 Å². The van der Waals surface area contributed by atoms with Crippen molar-refractivity contribution in [3.05, 3.63) is 41.6 Å². The number of piperazine rings is 1. The van der Waals surface area contributed by atoms with Crippen LogP contribution >= 0.6 is 0 Å². The zero-order valence-electron chi connectivity index (χ0n) is 14.5. The molecule has 2 heterocycles. The van der Waals surface area contributed by atoms with Crippen LogP contribution in [0.4, 0.5) is 13.2 Å². The Bertz CT molecular complexity index is 722. The van der Waals surface area contributed by atoms with Gasteiger partial charge in [0.1, 0.15) is 0 Å². The van der Waals surface area contributed by atoms with E-state index < -0.39 is 11.7 Å². The molecule has 5 nitrogen and oxygen atoms in total. The van der Waals surface area contributed by atoms with Gasteiger partial charge in [-0.25, -0.2) is 0 Å². The fraction of sp³-hybridized carbons (Fsp3) is 0.500. The fourth-order valence-electron chi connectivity index (χ4n) is 3.19. The lowest BCUT2D eigenvalue weighted by Crippen LogP contribution is -2.47. The van der Waals surface area contributed by atoms with Gasteiger partial charge in [0.15, 0.2) is 5.76 Å². The van der Waals surface area contributed by atoms with E-state index in [0.717, 1.165) is 32.2 Å². The van der Waals surface area contributed by atoms with Gasteiger partial charge in [0.05, 0.1) is 17.4 Å². The lowest BCUT2D eigenvalue weighted by atomic mass is 10.0. The van der Waals surface area contributed by atoms with Crippen molar-refractivity contribution in [2.45, 2.75) is 25.7 Å². The summed E-state index contributed by atoms with van der Waals surface area (Å²) in [5.41, 5.74) is -0.115. The van der Waals surface area contributed by atoms with Crippen LogP contribution in [0.25, 0.3) is 11.3 Å². The van der Waals surface area contributed by atoms with Crippen molar-refractivity contribution in [2.24, 2.45) is 0 Å². The summed E-state index contributed by atoms with van der Waals surface area (Å²) < 4.78 is 44.6. The van der Waals surface area contributed by atoms with Gasteiger partial charge in [0.25, 0.3) is 0 Å². The molecule has 26 heavy (non-hydrogen) atoms. The third-order valence-electron chi connectivity index (χ3n) is 4.43. The van der Waals surface area contributed by atoms with Gasteiger partial charge in [-0.2, -0.15) is 13.2 Å². The quantitative estimate of drug-likeness (QED) is 0.878. The van der Waals surface area contributed by atoms with E-state index in [-0.39, 0.29) is 17.4 Å². The van der Waals surface area contributed by atoms with E-state index in [1.54, 1.807) is 19.1 Å². The first-order valence-electron chi connectivity index (χ1n) is 8.58. The van der Waals surface area contributed by atoms with Crippen LogP contribution in [-0.2, 0) is 12.7 Å². The highest BCUT2D eigenvalue weighted by Crippen LogP contribution is 2.37. The number of hydrogen-bond donors (Lipinski definition) is 1. The summed E-state index contributed by atoms with van der Waals surface area (Å²) in [4.78, 5) is 4.37. The molecule has 1 aliphatic rings. The molecule has 0 saturated carbocycles. The van der Waals surface area contributed by atoms with Gasteiger partial charge in [-0.05, 0) is 13.0 Å². The highest BCUT2D eigenvalue weighted by molar-refractivity contribution is 5.63. The average Bonchev–Trinajstić information content (AvgIpc) is 3.04. The molecule has 0 amide bonds. The standard InChI is InChI=1S/C18H22F3N3O2/c1-13(25)11-23-6-8-24(9-7-23)12-14-10-17(26-22-14)15-4-2-3-5-16(15)18(19,20)21/h2-5,10,13,25H,6-9,11-12H2,1H3. The van der Waals surface area contributed by atoms with E-state index in [9.17, 15) is 18.3 Å². The van der Waals surface area contributed by atoms with Gasteiger partial charge in [-0.15, -0.1) is 0 Å². The van der Waals surface area contributed by atoms with Gasteiger partial charge >= 0.3 is 6.18 Å². The normalized spacial score (nSPS) is 18.2. The van der Waals surface area contributed by atoms with Gasteiger partial charge in [-0.3, -0.25) is 9.80 Å². The van der Waals surface area contributed by atoms with Crippen LogP contribution in [0.5, 0.6) is 0 Å². The van der Waals surface area contributed by atoms with Crippen molar-refractivity contribution in [1.82, 2.24) is 15.0 Å². The van der Waals surface area contributed by atoms with Crippen molar-refractivity contribution in [2.75, 3.05) is 32.7 Å². The summed E-state index contributed by atoms with van der Waals surface area (Å²) >= 11 is 0. The molecule has 0 aliphatic carbocycles. The molecular formula is C18H22F3N3O2. The van der Waals surface area contributed by atoms with E-state index in [0.29, 0.717) is 18.8 Å². The predicted molar refractivity (Wildman–Crippen MR) is 90.3 cm³/mol. The van der Waals surface area contributed by atoms with Crippen molar-refractivity contribution in [3.63, 3.8) is 0 Å². The monoisotopic (exact) mass is 369 g/mol. The van der Waals surface area contributed by atoms with Crippen molar-refractivity contribution < 1.29 is 22.8 Å². The first-order valence-corrected chi connectivity index (χ1v) is 8.58. The number of benzene rings is 1. The molecule has 1 aromatic carbocycles. The van der Waals surface area contributed by atoms with Crippen molar-refractivity contribution >= 4 is 0 Å². The molecule has 3 rings (SSSR count). The fourth-order valence-corrected chi connectivity index (χ4v) is 3.19. The molecule has 1 saturated heterocycles. The molecule has 1 atom stereocenters. The zero-order valence-corrected chi connectivity index (χ0v) is 14.5. The summed E-state index contributed by atoms with van der Waals surface area (Å²) in [6.07, 6.45) is -4.79. The van der Waals surface area contributed by atoms with E-state index >= 15 is 0 Å². The molecule has 0 spiro atoms. The molecule has 1 fully saturated rings. The van der Waals surface area contributed by atoms with Gasteiger partial charge < -0.3 is 9.63 Å². The molecule has 0 bridgehead atoms. The van der Waals surface area contributed by atoms with Gasteiger partial charge in [0, 0.05) is 50.9 Å². The van der Waals surface area contributed by atoms with Crippen LogP contribution in [0.3, 0.4) is 0 Å². The minimum Gasteiger partial charge on any atom is -0.392 e. The Balaban J connectivity index is 1.65. The molecule has 0 radical (unpaired) electrons. The number of halogens is 3. The summed E-state index contributed by atoms with van der Waals surface area (Å²) in [7, 11) is 0. The second-order valence-corrected chi connectivity index (χ2v) is 6.65. The number of nitrogens with zero attached hydrogens (tertiary/aromatic N) is 3. The molecule has 1 aliphatic heterocycles. The lowest BCUT2D eigenvalue weighted by molar-refractivity contribution is -0.137. The average molecular weight is 369 g/mol. The van der Waals surface area contributed by atoms with Crippen molar-refractivity contribution in [3.8, 4) is 11.3 Å². The SMILES string of the molecule is CC(O)CN1CCN(Cc2cc(-c3ccccc3C(F)(F)F)on2)CC1. The van der Waals surface area contributed by atoms with E-state index in [1.165, 1.54) is 12.1 Å². The van der Waals surface area contributed by atoms with E-state index in [2.05, 4.69) is 15.0 Å². The van der Waals surface area contributed by atoms with Crippen LogP contribution < -0.4 is 0 Å². The molecule has 1 N–H and O–H groups in total. The Labute approximate surface area is 150 Å². The van der Waals surface area contributed by atoms with Gasteiger partial charge in [0.2, 0.25) is 0 Å². The van der Waals surface area contributed by atoms with E-state index in [4.69, 9.17) is 4.52 Å².